The maximum absolute atomic E-state index is 13.4. The van der Waals surface area contributed by atoms with E-state index in [0.29, 0.717) is 29.2 Å². The minimum atomic E-state index is -0.509. The van der Waals surface area contributed by atoms with Crippen LogP contribution in [0.4, 0.5) is 4.39 Å². The van der Waals surface area contributed by atoms with Gasteiger partial charge >= 0.3 is 5.97 Å². The average molecular weight is 557 g/mol. The van der Waals surface area contributed by atoms with Crippen LogP contribution in [0, 0.1) is 16.3 Å². The number of aliphatic imine (C=N–C) groups is 1. The van der Waals surface area contributed by atoms with E-state index in [-0.39, 0.29) is 24.0 Å². The Kier molecular flexibility index (Phi) is 7.08. The van der Waals surface area contributed by atoms with E-state index in [1.165, 1.54) is 12.1 Å². The zero-order chi connectivity index (χ0) is 23.4. The first kappa shape index (κ1) is 23.0. The lowest BCUT2D eigenvalue weighted by molar-refractivity contribution is -0.129. The molecule has 0 saturated carbocycles. The topological polar surface area (TPSA) is 57.1 Å². The molecule has 1 aliphatic heterocycles. The Balaban J connectivity index is 1.56. The summed E-state index contributed by atoms with van der Waals surface area (Å²) in [7, 11) is 0. The van der Waals surface area contributed by atoms with Gasteiger partial charge in [-0.05, 0) is 102 Å². The van der Waals surface area contributed by atoms with Gasteiger partial charge in [-0.2, -0.15) is 0 Å². The van der Waals surface area contributed by atoms with Crippen molar-refractivity contribution in [2.24, 2.45) is 4.99 Å². The monoisotopic (exact) mass is 557 g/mol. The third-order valence-corrected chi connectivity index (χ3v) is 6.09. The van der Waals surface area contributed by atoms with Crippen LogP contribution in [0.1, 0.15) is 29.2 Å². The van der Waals surface area contributed by atoms with Gasteiger partial charge in [-0.15, -0.1) is 0 Å². The van der Waals surface area contributed by atoms with Crippen LogP contribution in [-0.2, 0) is 16.1 Å². The summed E-state index contributed by atoms with van der Waals surface area (Å²) >= 11 is 2.25. The van der Waals surface area contributed by atoms with Crippen molar-refractivity contribution in [3.63, 3.8) is 0 Å². The van der Waals surface area contributed by atoms with E-state index in [4.69, 9.17) is 14.2 Å². The molecule has 4 rings (SSSR count). The molecule has 1 aliphatic rings. The number of halogens is 2. The predicted molar refractivity (Wildman–Crippen MR) is 133 cm³/mol. The molecular formula is C26H21FINO4. The molecule has 0 bridgehead atoms. The van der Waals surface area contributed by atoms with Gasteiger partial charge in [0.2, 0.25) is 5.90 Å². The Morgan fingerprint density at radius 3 is 2.67 bits per heavy atom. The number of rotatable bonds is 7. The number of carbonyl (C=O) groups is 1. The summed E-state index contributed by atoms with van der Waals surface area (Å²) < 4.78 is 31.5. The van der Waals surface area contributed by atoms with Crippen molar-refractivity contribution in [1.29, 1.82) is 0 Å². The Morgan fingerprint density at radius 1 is 1.06 bits per heavy atom. The molecule has 7 heteroatoms. The number of hydrogen-bond acceptors (Lipinski definition) is 5. The molecule has 3 aromatic rings. The maximum Gasteiger partial charge on any atom is 0.363 e. The van der Waals surface area contributed by atoms with Crippen LogP contribution < -0.4 is 9.47 Å². The number of hydrogen-bond donors (Lipinski definition) is 0. The van der Waals surface area contributed by atoms with E-state index in [2.05, 4.69) is 27.6 Å². The second kappa shape index (κ2) is 10.2. The van der Waals surface area contributed by atoms with E-state index >= 15 is 0 Å². The van der Waals surface area contributed by atoms with Gasteiger partial charge in [0.15, 0.2) is 17.2 Å². The van der Waals surface area contributed by atoms with Crippen LogP contribution in [0.2, 0.25) is 0 Å². The number of ether oxygens (including phenoxy) is 3. The lowest BCUT2D eigenvalue weighted by Gasteiger charge is -2.13. The summed E-state index contributed by atoms with van der Waals surface area (Å²) in [6.07, 6.45) is 1.65. The molecule has 0 aliphatic carbocycles. The third kappa shape index (κ3) is 5.60. The van der Waals surface area contributed by atoms with Gasteiger partial charge < -0.3 is 14.2 Å². The van der Waals surface area contributed by atoms with Crippen LogP contribution in [-0.4, -0.2) is 18.5 Å². The molecule has 0 atom stereocenters. The first-order valence-electron chi connectivity index (χ1n) is 10.4. The van der Waals surface area contributed by atoms with Crippen molar-refractivity contribution < 1.29 is 23.4 Å². The Morgan fingerprint density at radius 2 is 1.91 bits per heavy atom. The summed E-state index contributed by atoms with van der Waals surface area (Å²) in [6.45, 7) is 4.50. The van der Waals surface area contributed by atoms with Crippen molar-refractivity contribution in [3.05, 3.63) is 98.0 Å². The normalized spacial score (nSPS) is 14.2. The van der Waals surface area contributed by atoms with E-state index in [0.717, 1.165) is 14.7 Å². The molecule has 1 heterocycles. The zero-order valence-corrected chi connectivity index (χ0v) is 20.3. The largest absolute Gasteiger partial charge is 0.490 e. The fourth-order valence-electron chi connectivity index (χ4n) is 3.26. The second-order valence-corrected chi connectivity index (χ2v) is 8.52. The summed E-state index contributed by atoms with van der Waals surface area (Å²) in [5.74, 6) is 0.506. The van der Waals surface area contributed by atoms with Crippen LogP contribution in [0.3, 0.4) is 0 Å². The van der Waals surface area contributed by atoms with E-state index < -0.39 is 5.97 Å². The highest BCUT2D eigenvalue weighted by atomic mass is 127. The number of cyclic esters (lactones) is 1. The molecule has 3 aromatic carbocycles. The van der Waals surface area contributed by atoms with Gasteiger partial charge in [-0.1, -0.05) is 18.2 Å². The molecule has 0 aromatic heterocycles. The number of nitrogens with zero attached hydrogens (tertiary/aromatic N) is 1. The molecule has 0 fully saturated rings. The minimum absolute atomic E-state index is 0.202. The summed E-state index contributed by atoms with van der Waals surface area (Å²) in [5.41, 5.74) is 3.47. The van der Waals surface area contributed by atoms with E-state index in [1.807, 2.05) is 32.0 Å². The third-order valence-electron chi connectivity index (χ3n) is 4.88. The maximum atomic E-state index is 13.4. The van der Waals surface area contributed by atoms with E-state index in [9.17, 15) is 9.18 Å². The number of esters is 1. The molecule has 168 valence electrons. The smallest absolute Gasteiger partial charge is 0.363 e. The zero-order valence-electron chi connectivity index (χ0n) is 18.1. The van der Waals surface area contributed by atoms with Crippen LogP contribution >= 0.6 is 22.6 Å². The highest BCUT2D eigenvalue weighted by molar-refractivity contribution is 14.1. The van der Waals surface area contributed by atoms with Crippen molar-refractivity contribution in [1.82, 2.24) is 0 Å². The average Bonchev–Trinajstić information content (AvgIpc) is 3.15. The van der Waals surface area contributed by atoms with Gasteiger partial charge in [-0.3, -0.25) is 0 Å². The summed E-state index contributed by atoms with van der Waals surface area (Å²) in [6, 6.07) is 17.3. The molecule has 0 amide bonds. The lowest BCUT2D eigenvalue weighted by Crippen LogP contribution is -2.05. The van der Waals surface area contributed by atoms with Crippen molar-refractivity contribution >= 4 is 40.5 Å². The lowest BCUT2D eigenvalue weighted by atomic mass is 10.1. The van der Waals surface area contributed by atoms with Crippen LogP contribution in [0.25, 0.3) is 6.08 Å². The summed E-state index contributed by atoms with van der Waals surface area (Å²) in [4.78, 5) is 16.8. The highest BCUT2D eigenvalue weighted by Gasteiger charge is 2.24. The highest BCUT2D eigenvalue weighted by Crippen LogP contribution is 2.31. The Bertz CT molecular complexity index is 1270. The van der Waals surface area contributed by atoms with Crippen molar-refractivity contribution in [2.45, 2.75) is 20.5 Å². The fourth-order valence-corrected chi connectivity index (χ4v) is 3.59. The van der Waals surface area contributed by atoms with Crippen LogP contribution in [0.5, 0.6) is 11.5 Å². The van der Waals surface area contributed by atoms with E-state index in [1.54, 1.807) is 36.4 Å². The standard InChI is InChI=1S/C26H21FINO4/c1-3-31-24-14-17(7-10-23(24)32-15-18-5-4-6-20(27)12-18)13-22-26(30)33-25(29-22)19-8-9-21(28)16(2)11-19/h4-14H,3,15H2,1-2H3/b22-13-. The molecule has 33 heavy (non-hydrogen) atoms. The Labute approximate surface area is 205 Å². The van der Waals surface area contributed by atoms with Crippen molar-refractivity contribution in [3.8, 4) is 11.5 Å². The number of carbonyl (C=O) groups excluding carboxylic acids is 1. The second-order valence-electron chi connectivity index (χ2n) is 7.36. The fraction of sp³-hybridized carbons (Fsp3) is 0.154. The molecule has 0 saturated heterocycles. The van der Waals surface area contributed by atoms with Gasteiger partial charge in [0.1, 0.15) is 12.4 Å². The predicted octanol–water partition coefficient (Wildman–Crippen LogP) is 6.06. The summed E-state index contributed by atoms with van der Waals surface area (Å²) in [5, 5.41) is 0. The molecule has 0 radical (unpaired) electrons. The first-order chi connectivity index (χ1) is 15.9. The molecular weight excluding hydrogens is 536 g/mol. The minimum Gasteiger partial charge on any atom is -0.490 e. The Hall–Kier alpha value is -3.20. The molecule has 0 unspecified atom stereocenters. The van der Waals surface area contributed by atoms with Gasteiger partial charge in [0.05, 0.1) is 6.61 Å². The first-order valence-corrected chi connectivity index (χ1v) is 11.4. The van der Waals surface area contributed by atoms with Gasteiger partial charge in [0.25, 0.3) is 0 Å². The quantitative estimate of drug-likeness (QED) is 0.201. The number of aryl methyl sites for hydroxylation is 1. The molecule has 5 nitrogen and oxygen atoms in total. The van der Waals surface area contributed by atoms with Gasteiger partial charge in [-0.25, -0.2) is 14.2 Å². The van der Waals surface area contributed by atoms with Crippen LogP contribution in [0.15, 0.2) is 71.4 Å². The van der Waals surface area contributed by atoms with Crippen molar-refractivity contribution in [2.75, 3.05) is 6.61 Å². The van der Waals surface area contributed by atoms with Gasteiger partial charge in [0, 0.05) is 9.13 Å². The SMILES string of the molecule is CCOc1cc(/C=C2\N=C(c3ccc(I)c(C)c3)OC2=O)ccc1OCc1cccc(F)c1. The molecule has 0 N–H and O–H groups in total. The number of benzene rings is 3. The molecule has 0 spiro atoms.